The van der Waals surface area contributed by atoms with Crippen molar-refractivity contribution in [3.05, 3.63) is 75.5 Å². The second kappa shape index (κ2) is 7.70. The van der Waals surface area contributed by atoms with Gasteiger partial charge in [0.2, 0.25) is 5.95 Å². The number of aromatic nitrogens is 2. The number of carbonyl (C=O) groups excluding carboxylic acids is 1. The number of nitrogens with one attached hydrogen (secondary N) is 2. The highest BCUT2D eigenvalue weighted by Gasteiger charge is 2.10. The van der Waals surface area contributed by atoms with Gasteiger partial charge < -0.3 is 10.6 Å². The summed E-state index contributed by atoms with van der Waals surface area (Å²) in [5.74, 6) is -0.0531. The first-order chi connectivity index (χ1) is 12.0. The molecule has 0 aliphatic heterocycles. The Kier molecular flexibility index (Phi) is 5.38. The fraction of sp³-hybridized carbons (Fsp3) is 0. The number of carbonyl (C=O) groups is 1. The van der Waals surface area contributed by atoms with Gasteiger partial charge in [0.1, 0.15) is 0 Å². The van der Waals surface area contributed by atoms with Crippen LogP contribution in [-0.2, 0) is 0 Å². The molecule has 2 N–H and O–H groups in total. The number of nitrogens with zero attached hydrogens (tertiary/aromatic N) is 2. The molecule has 0 atom stereocenters. The average molecular weight is 394 g/mol. The smallest absolute Gasteiger partial charge is 0.258 e. The third-order valence-corrected chi connectivity index (χ3v) is 4.10. The van der Waals surface area contributed by atoms with Crippen molar-refractivity contribution in [3.63, 3.8) is 0 Å². The van der Waals surface area contributed by atoms with E-state index >= 15 is 0 Å². The Morgan fingerprint density at radius 1 is 0.880 bits per heavy atom. The van der Waals surface area contributed by atoms with Gasteiger partial charge in [-0.2, -0.15) is 0 Å². The molecule has 3 aromatic rings. The molecule has 25 heavy (non-hydrogen) atoms. The van der Waals surface area contributed by atoms with Crippen LogP contribution in [0.2, 0.25) is 15.1 Å². The van der Waals surface area contributed by atoms with Gasteiger partial charge in [-0.05, 0) is 36.4 Å². The van der Waals surface area contributed by atoms with Crippen LogP contribution in [0.5, 0.6) is 0 Å². The second-order valence-electron chi connectivity index (χ2n) is 4.98. The molecule has 5 nitrogen and oxygen atoms in total. The normalized spacial score (nSPS) is 10.4. The highest BCUT2D eigenvalue weighted by molar-refractivity contribution is 6.39. The summed E-state index contributed by atoms with van der Waals surface area (Å²) in [7, 11) is 0. The maximum absolute atomic E-state index is 12.2. The van der Waals surface area contributed by atoms with Gasteiger partial charge in [-0.1, -0.05) is 40.9 Å². The summed E-state index contributed by atoms with van der Waals surface area (Å²) < 4.78 is 0. The number of para-hydroxylation sites is 1. The van der Waals surface area contributed by atoms with Crippen molar-refractivity contribution >= 4 is 58.0 Å². The topological polar surface area (TPSA) is 66.9 Å². The van der Waals surface area contributed by atoms with Crippen LogP contribution in [0.25, 0.3) is 0 Å². The second-order valence-corrected chi connectivity index (χ2v) is 6.23. The molecule has 126 valence electrons. The molecule has 0 radical (unpaired) electrons. The van der Waals surface area contributed by atoms with Crippen molar-refractivity contribution in [3.8, 4) is 0 Å². The van der Waals surface area contributed by atoms with Crippen molar-refractivity contribution in [1.82, 2.24) is 9.97 Å². The lowest BCUT2D eigenvalue weighted by molar-refractivity contribution is 0.102. The first-order valence-electron chi connectivity index (χ1n) is 7.13. The molecule has 2 aromatic carbocycles. The Hall–Kier alpha value is -2.34. The molecule has 0 bridgehead atoms. The van der Waals surface area contributed by atoms with Crippen LogP contribution >= 0.6 is 34.8 Å². The van der Waals surface area contributed by atoms with Gasteiger partial charge in [-0.3, -0.25) is 4.79 Å². The van der Waals surface area contributed by atoms with Crippen LogP contribution in [0.15, 0.2) is 54.9 Å². The monoisotopic (exact) mass is 392 g/mol. The third-order valence-electron chi connectivity index (χ3n) is 3.22. The molecule has 1 aromatic heterocycles. The molecule has 3 rings (SSSR count). The zero-order valence-corrected chi connectivity index (χ0v) is 14.9. The van der Waals surface area contributed by atoms with Crippen LogP contribution in [0.1, 0.15) is 10.4 Å². The summed E-state index contributed by atoms with van der Waals surface area (Å²) in [5, 5.41) is 7.15. The van der Waals surface area contributed by atoms with Gasteiger partial charge >= 0.3 is 0 Å². The van der Waals surface area contributed by atoms with Gasteiger partial charge in [-0.15, -0.1) is 0 Å². The van der Waals surface area contributed by atoms with E-state index < -0.39 is 0 Å². The summed E-state index contributed by atoms with van der Waals surface area (Å²) in [6.07, 6.45) is 2.82. The molecular weight excluding hydrogens is 383 g/mol. The maximum Gasteiger partial charge on any atom is 0.258 e. The van der Waals surface area contributed by atoms with Gasteiger partial charge in [0.25, 0.3) is 5.91 Å². The Balaban J connectivity index is 1.71. The van der Waals surface area contributed by atoms with E-state index in [1.54, 1.807) is 42.5 Å². The lowest BCUT2D eigenvalue weighted by Gasteiger charge is -2.09. The number of anilines is 3. The minimum Gasteiger partial charge on any atom is -0.322 e. The first kappa shape index (κ1) is 17.5. The fourth-order valence-electron chi connectivity index (χ4n) is 1.98. The number of rotatable bonds is 4. The van der Waals surface area contributed by atoms with E-state index in [0.717, 1.165) is 0 Å². The van der Waals surface area contributed by atoms with E-state index in [-0.39, 0.29) is 11.9 Å². The largest absolute Gasteiger partial charge is 0.322 e. The molecule has 0 aliphatic rings. The summed E-state index contributed by atoms with van der Waals surface area (Å²) in [5.41, 5.74) is 1.44. The quantitative estimate of drug-likeness (QED) is 0.620. The van der Waals surface area contributed by atoms with Gasteiger partial charge in [0, 0.05) is 23.1 Å². The molecule has 8 heteroatoms. The van der Waals surface area contributed by atoms with Crippen LogP contribution in [0.4, 0.5) is 17.3 Å². The zero-order chi connectivity index (χ0) is 17.8. The standard InChI is InChI=1S/C17H11Cl3N4O/c18-11-4-6-12(7-5-11)23-16(25)10-8-21-17(22-9-10)24-15-13(19)2-1-3-14(15)20/h1-9H,(H,23,25)(H,21,22,24). The predicted octanol–water partition coefficient (Wildman–Crippen LogP) is 5.43. The zero-order valence-electron chi connectivity index (χ0n) is 12.6. The molecule has 0 unspecified atom stereocenters. The minimum atomic E-state index is -0.329. The molecule has 0 saturated heterocycles. The van der Waals surface area contributed by atoms with Gasteiger partial charge in [0.15, 0.2) is 0 Å². The molecule has 0 saturated carbocycles. The Labute approximate surface area is 159 Å². The Bertz CT molecular complexity index is 879. The van der Waals surface area contributed by atoms with Crippen molar-refractivity contribution in [2.45, 2.75) is 0 Å². The van der Waals surface area contributed by atoms with Crippen molar-refractivity contribution in [1.29, 1.82) is 0 Å². The van der Waals surface area contributed by atoms with E-state index in [0.29, 0.717) is 32.0 Å². The van der Waals surface area contributed by atoms with E-state index in [2.05, 4.69) is 20.6 Å². The third kappa shape index (κ3) is 4.39. The number of amides is 1. The molecule has 0 aliphatic carbocycles. The summed E-state index contributed by atoms with van der Waals surface area (Å²) in [6, 6.07) is 11.9. The Morgan fingerprint density at radius 2 is 1.48 bits per heavy atom. The average Bonchev–Trinajstić information content (AvgIpc) is 2.61. The van der Waals surface area contributed by atoms with Crippen molar-refractivity contribution in [2.24, 2.45) is 0 Å². The fourth-order valence-corrected chi connectivity index (χ4v) is 2.59. The molecule has 0 spiro atoms. The van der Waals surface area contributed by atoms with E-state index in [1.807, 2.05) is 0 Å². The van der Waals surface area contributed by atoms with Gasteiger partial charge in [-0.25, -0.2) is 9.97 Å². The van der Waals surface area contributed by atoms with Crippen molar-refractivity contribution in [2.75, 3.05) is 10.6 Å². The lowest BCUT2D eigenvalue weighted by atomic mass is 10.3. The molecular formula is C17H11Cl3N4O. The van der Waals surface area contributed by atoms with Crippen LogP contribution < -0.4 is 10.6 Å². The number of halogens is 3. The molecule has 0 fully saturated rings. The van der Waals surface area contributed by atoms with E-state index in [9.17, 15) is 4.79 Å². The highest BCUT2D eigenvalue weighted by Crippen LogP contribution is 2.31. The maximum atomic E-state index is 12.2. The number of hydrogen-bond donors (Lipinski definition) is 2. The molecule has 1 amide bonds. The molecule has 1 heterocycles. The highest BCUT2D eigenvalue weighted by atomic mass is 35.5. The summed E-state index contributed by atoms with van der Waals surface area (Å²) in [4.78, 5) is 20.4. The minimum absolute atomic E-state index is 0.276. The van der Waals surface area contributed by atoms with Crippen LogP contribution in [-0.4, -0.2) is 15.9 Å². The summed E-state index contributed by atoms with van der Waals surface area (Å²) in [6.45, 7) is 0. The lowest BCUT2D eigenvalue weighted by Crippen LogP contribution is -2.13. The number of benzene rings is 2. The van der Waals surface area contributed by atoms with Gasteiger partial charge in [0.05, 0.1) is 21.3 Å². The van der Waals surface area contributed by atoms with Crippen LogP contribution in [0.3, 0.4) is 0 Å². The summed E-state index contributed by atoms with van der Waals surface area (Å²) >= 11 is 18.0. The van der Waals surface area contributed by atoms with Crippen LogP contribution in [0, 0.1) is 0 Å². The SMILES string of the molecule is O=C(Nc1ccc(Cl)cc1)c1cnc(Nc2c(Cl)cccc2Cl)nc1. The first-order valence-corrected chi connectivity index (χ1v) is 8.26. The number of hydrogen-bond acceptors (Lipinski definition) is 4. The van der Waals surface area contributed by atoms with Crippen molar-refractivity contribution < 1.29 is 4.79 Å². The Morgan fingerprint density at radius 3 is 2.08 bits per heavy atom. The van der Waals surface area contributed by atoms with E-state index in [1.165, 1.54) is 12.4 Å². The predicted molar refractivity (Wildman–Crippen MR) is 101 cm³/mol. The van der Waals surface area contributed by atoms with E-state index in [4.69, 9.17) is 34.8 Å².